The molecule has 20 heavy (non-hydrogen) atoms. The molecule has 2 aliphatic rings. The van der Waals surface area contributed by atoms with Crippen molar-refractivity contribution in [1.29, 1.82) is 0 Å². The highest BCUT2D eigenvalue weighted by molar-refractivity contribution is 7.16. The lowest BCUT2D eigenvalue weighted by Gasteiger charge is -2.32. The number of rotatable bonds is 1. The average molecular weight is 295 g/mol. The number of anilines is 1. The van der Waals surface area contributed by atoms with E-state index in [-0.39, 0.29) is 11.4 Å². The van der Waals surface area contributed by atoms with Crippen LogP contribution in [0.2, 0.25) is 0 Å². The van der Waals surface area contributed by atoms with Crippen LogP contribution in [0.4, 0.5) is 9.93 Å². The van der Waals surface area contributed by atoms with Crippen LogP contribution in [0, 0.1) is 5.41 Å². The highest BCUT2D eigenvalue weighted by Crippen LogP contribution is 2.45. The van der Waals surface area contributed by atoms with E-state index in [0.717, 1.165) is 17.2 Å². The molecule has 1 aliphatic carbocycles. The Balaban J connectivity index is 1.92. The van der Waals surface area contributed by atoms with Crippen molar-refractivity contribution in [3.05, 3.63) is 10.6 Å². The lowest BCUT2D eigenvalue weighted by Crippen LogP contribution is -2.48. The number of nitrogens with zero attached hydrogens (tertiary/aromatic N) is 3. The second-order valence-corrected chi connectivity index (χ2v) is 7.63. The minimum absolute atomic E-state index is 0.0331. The molecule has 3 rings (SSSR count). The van der Waals surface area contributed by atoms with E-state index < -0.39 is 0 Å². The van der Waals surface area contributed by atoms with Crippen LogP contribution >= 0.6 is 11.3 Å². The number of amides is 2. The predicted molar refractivity (Wildman–Crippen MR) is 79.1 cm³/mol. The van der Waals surface area contributed by atoms with Crippen LogP contribution in [0.1, 0.15) is 43.7 Å². The SMILES string of the molecule is CC1CC(C)(C)Cc2nc(N3COCN(C)C3=O)sc21. The van der Waals surface area contributed by atoms with E-state index in [2.05, 4.69) is 20.8 Å². The first-order chi connectivity index (χ1) is 9.37. The summed E-state index contributed by atoms with van der Waals surface area (Å²) >= 11 is 1.64. The predicted octanol–water partition coefficient (Wildman–Crippen LogP) is 3.02. The third-order valence-corrected chi connectivity index (χ3v) is 5.31. The van der Waals surface area contributed by atoms with E-state index in [1.165, 1.54) is 11.3 Å². The van der Waals surface area contributed by atoms with Gasteiger partial charge in [0.15, 0.2) is 5.13 Å². The fraction of sp³-hybridized carbons (Fsp3) is 0.714. The second kappa shape index (κ2) is 4.70. The van der Waals surface area contributed by atoms with E-state index in [9.17, 15) is 4.79 Å². The largest absolute Gasteiger partial charge is 0.340 e. The monoisotopic (exact) mass is 295 g/mol. The minimum atomic E-state index is -0.0331. The number of aromatic nitrogens is 1. The molecule has 1 aromatic rings. The molecule has 0 radical (unpaired) electrons. The van der Waals surface area contributed by atoms with Gasteiger partial charge in [0.1, 0.15) is 13.5 Å². The lowest BCUT2D eigenvalue weighted by molar-refractivity contribution is 0.0361. The average Bonchev–Trinajstić information content (AvgIpc) is 2.75. The van der Waals surface area contributed by atoms with Crippen LogP contribution in [-0.2, 0) is 11.2 Å². The van der Waals surface area contributed by atoms with Gasteiger partial charge in [0.2, 0.25) is 0 Å². The van der Waals surface area contributed by atoms with E-state index in [1.54, 1.807) is 28.2 Å². The highest BCUT2D eigenvalue weighted by atomic mass is 32.1. The van der Waals surface area contributed by atoms with E-state index in [0.29, 0.717) is 19.4 Å². The van der Waals surface area contributed by atoms with E-state index >= 15 is 0 Å². The maximum atomic E-state index is 12.2. The Bertz CT molecular complexity index is 541. The molecule has 0 N–H and O–H groups in total. The van der Waals surface area contributed by atoms with Crippen LogP contribution in [0.25, 0.3) is 0 Å². The Morgan fingerprint density at radius 2 is 2.15 bits per heavy atom. The lowest BCUT2D eigenvalue weighted by atomic mass is 9.74. The Labute approximate surface area is 123 Å². The number of fused-ring (bicyclic) bond motifs is 1. The number of ether oxygens (including phenoxy) is 1. The molecule has 5 nitrogen and oxygen atoms in total. The van der Waals surface area contributed by atoms with Crippen LogP contribution in [0.15, 0.2) is 0 Å². The molecule has 1 saturated heterocycles. The first-order valence-corrected chi connectivity index (χ1v) is 7.79. The van der Waals surface area contributed by atoms with Gasteiger partial charge >= 0.3 is 6.03 Å². The summed E-state index contributed by atoms with van der Waals surface area (Å²) in [6.45, 7) is 7.47. The number of carbonyl (C=O) groups excluding carboxylic acids is 1. The van der Waals surface area contributed by atoms with E-state index in [1.807, 2.05) is 0 Å². The Hall–Kier alpha value is -1.14. The zero-order valence-corrected chi connectivity index (χ0v) is 13.3. The van der Waals surface area contributed by atoms with Crippen molar-refractivity contribution < 1.29 is 9.53 Å². The molecule has 1 unspecified atom stereocenters. The normalized spacial score (nSPS) is 25.8. The first kappa shape index (κ1) is 13.8. The van der Waals surface area contributed by atoms with Gasteiger partial charge in [-0.2, -0.15) is 0 Å². The maximum absolute atomic E-state index is 12.2. The van der Waals surface area contributed by atoms with Crippen LogP contribution in [-0.4, -0.2) is 36.4 Å². The van der Waals surface area contributed by atoms with Crippen LogP contribution in [0.5, 0.6) is 0 Å². The van der Waals surface area contributed by atoms with Crippen molar-refractivity contribution in [1.82, 2.24) is 9.88 Å². The Morgan fingerprint density at radius 3 is 2.90 bits per heavy atom. The number of carbonyl (C=O) groups is 1. The fourth-order valence-electron chi connectivity index (χ4n) is 3.15. The maximum Gasteiger partial charge on any atom is 0.329 e. The molecule has 0 bridgehead atoms. The Kier molecular flexibility index (Phi) is 3.25. The van der Waals surface area contributed by atoms with Crippen molar-refractivity contribution in [3.8, 4) is 0 Å². The van der Waals surface area contributed by atoms with Crippen molar-refractivity contribution in [2.45, 2.75) is 39.5 Å². The molecule has 0 saturated carbocycles. The summed E-state index contributed by atoms with van der Waals surface area (Å²) in [4.78, 5) is 21.4. The van der Waals surface area contributed by atoms with Gasteiger partial charge in [-0.05, 0) is 24.2 Å². The topological polar surface area (TPSA) is 45.7 Å². The van der Waals surface area contributed by atoms with Crippen molar-refractivity contribution in [2.75, 3.05) is 25.4 Å². The second-order valence-electron chi connectivity index (χ2n) is 6.62. The summed E-state index contributed by atoms with van der Waals surface area (Å²) in [5.41, 5.74) is 1.45. The first-order valence-electron chi connectivity index (χ1n) is 6.97. The highest BCUT2D eigenvalue weighted by Gasteiger charge is 2.35. The summed E-state index contributed by atoms with van der Waals surface area (Å²) in [6, 6.07) is -0.0331. The van der Waals surface area contributed by atoms with Gasteiger partial charge < -0.3 is 9.64 Å². The molecule has 1 fully saturated rings. The van der Waals surface area contributed by atoms with Gasteiger partial charge in [-0.1, -0.05) is 20.8 Å². The van der Waals surface area contributed by atoms with E-state index in [4.69, 9.17) is 9.72 Å². The Morgan fingerprint density at radius 1 is 1.40 bits per heavy atom. The standard InChI is InChI=1S/C14H21N3O2S/c1-9-5-14(2,3)6-10-11(9)20-12(15-10)17-8-19-7-16(4)13(17)18/h9H,5-8H2,1-4H3. The zero-order valence-electron chi connectivity index (χ0n) is 12.5. The minimum Gasteiger partial charge on any atom is -0.340 e. The van der Waals surface area contributed by atoms with Crippen molar-refractivity contribution in [2.24, 2.45) is 5.41 Å². The number of urea groups is 1. The summed E-state index contributed by atoms with van der Waals surface area (Å²) in [7, 11) is 1.74. The van der Waals surface area contributed by atoms with Gasteiger partial charge in [0.25, 0.3) is 0 Å². The molecule has 0 aromatic carbocycles. The van der Waals surface area contributed by atoms with Gasteiger partial charge in [0.05, 0.1) is 5.69 Å². The molecule has 1 aromatic heterocycles. The molecule has 110 valence electrons. The summed E-state index contributed by atoms with van der Waals surface area (Å²) in [5.74, 6) is 0.513. The molecule has 1 atom stereocenters. The zero-order chi connectivity index (χ0) is 14.5. The van der Waals surface area contributed by atoms with Gasteiger partial charge in [-0.3, -0.25) is 0 Å². The molecular formula is C14H21N3O2S. The third-order valence-electron chi connectivity index (χ3n) is 3.96. The molecular weight excluding hydrogens is 274 g/mol. The van der Waals surface area contributed by atoms with Crippen LogP contribution < -0.4 is 4.90 Å². The summed E-state index contributed by atoms with van der Waals surface area (Å²) < 4.78 is 5.42. The number of hydrogen-bond donors (Lipinski definition) is 0. The fourth-order valence-corrected chi connectivity index (χ4v) is 4.26. The van der Waals surface area contributed by atoms with Gasteiger partial charge in [0, 0.05) is 11.9 Å². The quantitative estimate of drug-likeness (QED) is 0.800. The van der Waals surface area contributed by atoms with Crippen molar-refractivity contribution >= 4 is 22.5 Å². The molecule has 6 heteroatoms. The third kappa shape index (κ3) is 2.31. The molecule has 2 amide bonds. The molecule has 2 heterocycles. The summed E-state index contributed by atoms with van der Waals surface area (Å²) in [5, 5.41) is 0.774. The number of thiazole rings is 1. The van der Waals surface area contributed by atoms with Crippen LogP contribution in [0.3, 0.4) is 0 Å². The smallest absolute Gasteiger partial charge is 0.329 e. The van der Waals surface area contributed by atoms with Gasteiger partial charge in [-0.15, -0.1) is 11.3 Å². The van der Waals surface area contributed by atoms with Crippen molar-refractivity contribution in [3.63, 3.8) is 0 Å². The molecule has 0 spiro atoms. The van der Waals surface area contributed by atoms with Gasteiger partial charge in [-0.25, -0.2) is 14.7 Å². The molecule has 1 aliphatic heterocycles. The number of hydrogen-bond acceptors (Lipinski definition) is 4. The summed E-state index contributed by atoms with van der Waals surface area (Å²) in [6.07, 6.45) is 2.16.